The van der Waals surface area contributed by atoms with Gasteiger partial charge in [-0.1, -0.05) is 0 Å². The fourth-order valence-electron chi connectivity index (χ4n) is 0.127. The molecule has 0 bridgehead atoms. The summed E-state index contributed by atoms with van der Waals surface area (Å²) < 4.78 is -0.461. The molecule has 0 aromatic carbocycles. The highest BCUT2D eigenvalue weighted by molar-refractivity contribution is 7.99. The van der Waals surface area contributed by atoms with E-state index in [2.05, 4.69) is 36.3 Å². The van der Waals surface area contributed by atoms with Gasteiger partial charge in [-0.25, -0.2) is 4.79 Å². The molecule has 7 heavy (non-hydrogen) atoms. The number of carbonyl (C=O) groups is 1. The molecule has 0 aromatic rings. The Bertz CT molecular complexity index is 74.1. The summed E-state index contributed by atoms with van der Waals surface area (Å²) in [4.78, 5) is 9.82. The first-order chi connectivity index (χ1) is 3.13. The highest BCUT2D eigenvalue weighted by Gasteiger charge is 1.93. The van der Waals surface area contributed by atoms with E-state index in [9.17, 15) is 4.79 Å². The number of nitrogens with two attached hydrogens (primary N) is 1. The average Bonchev–Trinajstić information content (AvgIpc) is 1.27. The lowest BCUT2D eigenvalue weighted by Gasteiger charge is -1.99. The van der Waals surface area contributed by atoms with Crippen LogP contribution in [0, 0.1) is 0 Å². The molecule has 0 spiro atoms. The van der Waals surface area contributed by atoms with Gasteiger partial charge in [-0.3, -0.25) is 0 Å². The number of carbonyl (C=O) groups excluding carboxylic acids is 1. The number of amides is 2. The number of rotatable bonds is 1. The molecule has 42 valence electrons. The Balaban J connectivity index is 3.13. The summed E-state index contributed by atoms with van der Waals surface area (Å²) in [6.07, 6.45) is 0. The predicted octanol–water partition coefficient (Wildman–Crippen LogP) is -0.202. The first-order valence-corrected chi connectivity index (χ1v) is 2.58. The van der Waals surface area contributed by atoms with Crippen LogP contribution in [0.2, 0.25) is 0 Å². The highest BCUT2D eigenvalue weighted by Crippen LogP contribution is 1.91. The molecule has 0 radical (unpaired) electrons. The Morgan fingerprint density at radius 2 is 2.14 bits per heavy atom. The molecular formula is C2H6N2OS2. The number of nitrogens with one attached hydrogen (secondary N) is 1. The minimum atomic E-state index is -0.616. The molecule has 0 heterocycles. The van der Waals surface area contributed by atoms with Crippen LogP contribution in [-0.4, -0.2) is 10.7 Å². The third-order valence-electron chi connectivity index (χ3n) is 0.271. The van der Waals surface area contributed by atoms with Gasteiger partial charge in [0, 0.05) is 0 Å². The summed E-state index contributed by atoms with van der Waals surface area (Å²) in [5.74, 6) is 0. The first kappa shape index (κ1) is 6.97. The van der Waals surface area contributed by atoms with Crippen molar-refractivity contribution in [3.05, 3.63) is 0 Å². The smallest absolute Gasteiger partial charge is 0.313 e. The normalized spacial score (nSPS) is 9.00. The van der Waals surface area contributed by atoms with Gasteiger partial charge in [0.05, 0.1) is 0 Å². The third-order valence-corrected chi connectivity index (χ3v) is 0.530. The Kier molecular flexibility index (Phi) is 3.02. The fourth-order valence-corrected chi connectivity index (χ4v) is 0.382. The zero-order chi connectivity index (χ0) is 5.86. The fraction of sp³-hybridized carbons (Fsp3) is 0.500. The second-order valence-corrected chi connectivity index (χ2v) is 2.32. The highest BCUT2D eigenvalue weighted by atomic mass is 32.2. The molecule has 3 N–H and O–H groups in total. The number of thiol groups is 2. The lowest BCUT2D eigenvalue weighted by atomic mass is 11.0. The van der Waals surface area contributed by atoms with Crippen molar-refractivity contribution in [1.82, 2.24) is 5.32 Å². The van der Waals surface area contributed by atoms with Crippen LogP contribution >= 0.6 is 25.3 Å². The lowest BCUT2D eigenvalue weighted by molar-refractivity contribution is 0.250. The Labute approximate surface area is 52.5 Å². The predicted molar refractivity (Wildman–Crippen MR) is 34.5 cm³/mol. The maximum Gasteiger partial charge on any atom is 0.313 e. The van der Waals surface area contributed by atoms with E-state index < -0.39 is 10.7 Å². The summed E-state index contributed by atoms with van der Waals surface area (Å²) in [5.41, 5.74) is 4.65. The van der Waals surface area contributed by atoms with Crippen LogP contribution in [-0.2, 0) is 0 Å². The van der Waals surface area contributed by atoms with Crippen molar-refractivity contribution in [2.45, 2.75) is 4.71 Å². The monoisotopic (exact) mass is 138 g/mol. The number of hydrogen-bond acceptors (Lipinski definition) is 3. The van der Waals surface area contributed by atoms with Gasteiger partial charge < -0.3 is 11.1 Å². The third kappa shape index (κ3) is 5.97. The zero-order valence-electron chi connectivity index (χ0n) is 3.46. The van der Waals surface area contributed by atoms with Crippen molar-refractivity contribution in [3.63, 3.8) is 0 Å². The molecule has 3 nitrogen and oxygen atoms in total. The van der Waals surface area contributed by atoms with Crippen molar-refractivity contribution in [2.75, 3.05) is 0 Å². The van der Waals surface area contributed by atoms with E-state index in [1.165, 1.54) is 0 Å². The number of hydrogen-bond donors (Lipinski definition) is 4. The van der Waals surface area contributed by atoms with Gasteiger partial charge in [-0.05, 0) is 0 Å². The number of urea groups is 1. The largest absolute Gasteiger partial charge is 0.352 e. The molecular weight excluding hydrogens is 132 g/mol. The topological polar surface area (TPSA) is 55.1 Å². The molecule has 5 heteroatoms. The van der Waals surface area contributed by atoms with Crippen molar-refractivity contribution < 1.29 is 4.79 Å². The van der Waals surface area contributed by atoms with E-state index in [0.717, 1.165) is 0 Å². The van der Waals surface area contributed by atoms with E-state index in [-0.39, 0.29) is 0 Å². The van der Waals surface area contributed by atoms with Crippen LogP contribution in [0.25, 0.3) is 0 Å². The van der Waals surface area contributed by atoms with E-state index >= 15 is 0 Å². The summed E-state index contributed by atoms with van der Waals surface area (Å²) in [5, 5.41) is 2.17. The van der Waals surface area contributed by atoms with E-state index in [1.807, 2.05) is 0 Å². The standard InChI is InChI=1S/C2H6N2OS2/c3-1(5)4-2(6)7/h2,6-7H,(H3,3,4,5). The second-order valence-electron chi connectivity index (χ2n) is 0.882. The average molecular weight is 138 g/mol. The summed E-state index contributed by atoms with van der Waals surface area (Å²) in [6, 6.07) is -0.616. The van der Waals surface area contributed by atoms with Crippen molar-refractivity contribution >= 4 is 31.3 Å². The molecule has 0 unspecified atom stereocenters. The van der Waals surface area contributed by atoms with Crippen molar-refractivity contribution in [1.29, 1.82) is 0 Å². The Hall–Kier alpha value is -0.0300. The van der Waals surface area contributed by atoms with E-state index in [4.69, 9.17) is 0 Å². The van der Waals surface area contributed by atoms with E-state index in [0.29, 0.717) is 0 Å². The maximum atomic E-state index is 9.82. The van der Waals surface area contributed by atoms with Gasteiger partial charge >= 0.3 is 6.03 Å². The molecule has 0 aromatic heterocycles. The van der Waals surface area contributed by atoms with Gasteiger partial charge in [0.2, 0.25) is 0 Å². The van der Waals surface area contributed by atoms with Gasteiger partial charge in [-0.2, -0.15) is 0 Å². The second kappa shape index (κ2) is 3.04. The minimum absolute atomic E-state index is 0.461. The molecule has 0 saturated heterocycles. The van der Waals surface area contributed by atoms with Crippen LogP contribution in [0.3, 0.4) is 0 Å². The molecule has 0 aliphatic heterocycles. The van der Waals surface area contributed by atoms with Crippen LogP contribution in [0.1, 0.15) is 0 Å². The molecule has 0 atom stereocenters. The summed E-state index contributed by atoms with van der Waals surface area (Å²) in [6.45, 7) is 0. The first-order valence-electron chi connectivity index (χ1n) is 1.55. The van der Waals surface area contributed by atoms with Crippen LogP contribution < -0.4 is 11.1 Å². The molecule has 2 amide bonds. The Morgan fingerprint density at radius 1 is 1.71 bits per heavy atom. The molecule has 0 saturated carbocycles. The minimum Gasteiger partial charge on any atom is -0.352 e. The van der Waals surface area contributed by atoms with Crippen LogP contribution in [0.4, 0.5) is 4.79 Å². The molecule has 0 fully saturated rings. The summed E-state index contributed by atoms with van der Waals surface area (Å²) >= 11 is 7.38. The van der Waals surface area contributed by atoms with Gasteiger partial charge in [0.15, 0.2) is 0 Å². The van der Waals surface area contributed by atoms with Gasteiger partial charge in [0.25, 0.3) is 0 Å². The van der Waals surface area contributed by atoms with Crippen molar-refractivity contribution in [3.8, 4) is 0 Å². The van der Waals surface area contributed by atoms with Crippen LogP contribution in [0.15, 0.2) is 0 Å². The lowest BCUT2D eigenvalue weighted by Crippen LogP contribution is -2.32. The van der Waals surface area contributed by atoms with Gasteiger partial charge in [0.1, 0.15) is 4.71 Å². The molecule has 0 rings (SSSR count). The van der Waals surface area contributed by atoms with Crippen molar-refractivity contribution in [2.24, 2.45) is 5.73 Å². The van der Waals surface area contributed by atoms with Crippen LogP contribution in [0.5, 0.6) is 0 Å². The Morgan fingerprint density at radius 3 is 2.14 bits per heavy atom. The maximum absolute atomic E-state index is 9.82. The van der Waals surface area contributed by atoms with Gasteiger partial charge in [-0.15, -0.1) is 25.3 Å². The molecule has 0 aliphatic carbocycles. The number of primary amides is 1. The SMILES string of the molecule is NC(=O)NC(S)S. The quantitative estimate of drug-likeness (QED) is 0.294. The summed E-state index contributed by atoms with van der Waals surface area (Å²) in [7, 11) is 0. The van der Waals surface area contributed by atoms with E-state index in [1.54, 1.807) is 0 Å². The zero-order valence-corrected chi connectivity index (χ0v) is 5.25. The molecule has 0 aliphatic rings.